The highest BCUT2D eigenvalue weighted by Crippen LogP contribution is 2.25. The fourth-order valence-corrected chi connectivity index (χ4v) is 3.71. The molecule has 0 aliphatic carbocycles. The van der Waals surface area contributed by atoms with Crippen molar-refractivity contribution in [3.63, 3.8) is 0 Å². The maximum absolute atomic E-state index is 11.9. The number of aromatic nitrogens is 2. The van der Waals surface area contributed by atoms with Gasteiger partial charge in [-0.25, -0.2) is 14.0 Å². The van der Waals surface area contributed by atoms with Gasteiger partial charge in [-0.15, -0.1) is 0 Å². The molecular formula is C19H28N6OS. The van der Waals surface area contributed by atoms with E-state index in [0.29, 0.717) is 16.9 Å². The van der Waals surface area contributed by atoms with Crippen molar-refractivity contribution in [2.24, 2.45) is 10.1 Å². The molecule has 2 rings (SSSR count). The summed E-state index contributed by atoms with van der Waals surface area (Å²) < 4.78 is 21.3. The molecule has 0 radical (unpaired) electrons. The minimum atomic E-state index is -2.71. The highest BCUT2D eigenvalue weighted by Gasteiger charge is 2.18. The van der Waals surface area contributed by atoms with Gasteiger partial charge < -0.3 is 4.90 Å². The fraction of sp³-hybridized carbons (Fsp3) is 0.421. The SMILES string of the molecule is C=Nn1c(N(CC)CC)c(Cc2ccc(S(C)(=N)=O)cc2)c(C)nc1=NC. The van der Waals surface area contributed by atoms with Crippen LogP contribution in [0.3, 0.4) is 0 Å². The third kappa shape index (κ3) is 4.44. The zero-order valence-corrected chi connectivity index (χ0v) is 17.5. The number of hydrogen-bond donors (Lipinski definition) is 1. The largest absolute Gasteiger partial charge is 0.357 e. The predicted molar refractivity (Wildman–Crippen MR) is 111 cm³/mol. The fourth-order valence-electron chi connectivity index (χ4n) is 3.05. The van der Waals surface area contributed by atoms with Gasteiger partial charge in [0.05, 0.1) is 9.73 Å². The molecule has 7 nitrogen and oxygen atoms in total. The number of aryl methyl sites for hydroxylation is 1. The third-order valence-electron chi connectivity index (χ3n) is 4.52. The van der Waals surface area contributed by atoms with Crippen molar-refractivity contribution in [1.82, 2.24) is 9.66 Å². The van der Waals surface area contributed by atoms with Crippen molar-refractivity contribution >= 4 is 22.3 Å². The maximum Gasteiger partial charge on any atom is 0.247 e. The summed E-state index contributed by atoms with van der Waals surface area (Å²) >= 11 is 0. The minimum Gasteiger partial charge on any atom is -0.357 e. The topological polar surface area (TPSA) is 86.7 Å². The summed E-state index contributed by atoms with van der Waals surface area (Å²) in [5.41, 5.74) is 3.51. The number of rotatable bonds is 7. The Morgan fingerprint density at radius 2 is 1.85 bits per heavy atom. The molecule has 1 heterocycles. The summed E-state index contributed by atoms with van der Waals surface area (Å²) in [5.74, 6) is 0.937. The minimum absolute atomic E-state index is 0.517. The molecule has 0 amide bonds. The molecule has 1 N–H and O–H groups in total. The zero-order valence-electron chi connectivity index (χ0n) is 16.7. The number of nitrogens with one attached hydrogen (secondary N) is 1. The Balaban J connectivity index is 2.63. The van der Waals surface area contributed by atoms with Gasteiger partial charge in [-0.3, -0.25) is 4.99 Å². The summed E-state index contributed by atoms with van der Waals surface area (Å²) in [6.45, 7) is 11.5. The Morgan fingerprint density at radius 1 is 1.26 bits per heavy atom. The van der Waals surface area contributed by atoms with Crippen LogP contribution in [-0.4, -0.2) is 47.0 Å². The third-order valence-corrected chi connectivity index (χ3v) is 5.69. The van der Waals surface area contributed by atoms with E-state index in [1.165, 1.54) is 6.26 Å². The number of benzene rings is 1. The summed E-state index contributed by atoms with van der Waals surface area (Å²) in [7, 11) is -1.02. The standard InChI is InChI=1S/C19H28N6OS/c1-7-24(8-2)18-17(14(3)23-19(21-4)25(18)22-5)13-15-9-11-16(12-10-15)27(6,20)26/h9-12,20H,5,7-8,13H2,1-4,6H3. The molecule has 0 aliphatic heterocycles. The van der Waals surface area contributed by atoms with Crippen LogP contribution in [0.15, 0.2) is 39.3 Å². The van der Waals surface area contributed by atoms with Crippen molar-refractivity contribution in [2.75, 3.05) is 31.3 Å². The smallest absolute Gasteiger partial charge is 0.247 e. The van der Waals surface area contributed by atoms with E-state index in [2.05, 4.69) is 40.5 Å². The van der Waals surface area contributed by atoms with Crippen molar-refractivity contribution in [3.8, 4) is 0 Å². The molecule has 0 fully saturated rings. The van der Waals surface area contributed by atoms with Gasteiger partial charge >= 0.3 is 0 Å². The van der Waals surface area contributed by atoms with Gasteiger partial charge in [0.1, 0.15) is 5.82 Å². The lowest BCUT2D eigenvalue weighted by Crippen LogP contribution is -2.34. The van der Waals surface area contributed by atoms with Gasteiger partial charge in [-0.05, 0) is 38.5 Å². The molecule has 0 spiro atoms. The summed E-state index contributed by atoms with van der Waals surface area (Å²) in [6, 6.07) is 7.37. The summed E-state index contributed by atoms with van der Waals surface area (Å²) in [6.07, 6.45) is 2.08. The Kier molecular flexibility index (Phi) is 6.54. The quantitative estimate of drug-likeness (QED) is 0.740. The normalized spacial score (nSPS) is 14.0. The van der Waals surface area contributed by atoms with Gasteiger partial charge in [0.2, 0.25) is 5.62 Å². The second-order valence-corrected chi connectivity index (χ2v) is 8.47. The van der Waals surface area contributed by atoms with Crippen LogP contribution in [-0.2, 0) is 16.1 Å². The van der Waals surface area contributed by atoms with Gasteiger partial charge in [0, 0.05) is 55.7 Å². The Bertz CT molecular complexity index is 986. The molecule has 1 aromatic carbocycles. The first kappa shape index (κ1) is 20.8. The first-order chi connectivity index (χ1) is 12.8. The van der Waals surface area contributed by atoms with Crippen molar-refractivity contribution in [2.45, 2.75) is 32.1 Å². The molecule has 27 heavy (non-hydrogen) atoms. The molecule has 0 aliphatic rings. The zero-order chi connectivity index (χ0) is 20.2. The van der Waals surface area contributed by atoms with Crippen LogP contribution >= 0.6 is 0 Å². The van der Waals surface area contributed by atoms with Crippen LogP contribution in [0, 0.1) is 11.7 Å². The first-order valence-corrected chi connectivity index (χ1v) is 10.8. The molecule has 0 bridgehead atoms. The second-order valence-electron chi connectivity index (χ2n) is 6.31. The van der Waals surface area contributed by atoms with Crippen molar-refractivity contribution in [3.05, 3.63) is 46.7 Å². The average molecular weight is 389 g/mol. The monoisotopic (exact) mass is 388 g/mol. The molecule has 0 saturated carbocycles. The average Bonchev–Trinajstić information content (AvgIpc) is 2.64. The lowest BCUT2D eigenvalue weighted by Gasteiger charge is -2.27. The number of hydrogen-bond acceptors (Lipinski definition) is 6. The van der Waals surface area contributed by atoms with Crippen molar-refractivity contribution in [1.29, 1.82) is 4.78 Å². The Labute approximate surface area is 161 Å². The highest BCUT2D eigenvalue weighted by molar-refractivity contribution is 7.91. The molecule has 8 heteroatoms. The number of nitrogens with zero attached hydrogens (tertiary/aromatic N) is 5. The molecule has 2 aromatic rings. The van der Waals surface area contributed by atoms with E-state index < -0.39 is 9.73 Å². The van der Waals surface area contributed by atoms with Gasteiger partial charge in [0.15, 0.2) is 0 Å². The highest BCUT2D eigenvalue weighted by atomic mass is 32.2. The lowest BCUT2D eigenvalue weighted by molar-refractivity contribution is 0.679. The predicted octanol–water partition coefficient (Wildman–Crippen LogP) is 2.66. The van der Waals surface area contributed by atoms with Gasteiger partial charge in [-0.1, -0.05) is 12.1 Å². The van der Waals surface area contributed by atoms with Gasteiger partial charge in [-0.2, -0.15) is 9.78 Å². The van der Waals surface area contributed by atoms with Gasteiger partial charge in [0.25, 0.3) is 0 Å². The van der Waals surface area contributed by atoms with Crippen LogP contribution in [0.5, 0.6) is 0 Å². The number of anilines is 1. The molecule has 1 atom stereocenters. The van der Waals surface area contributed by atoms with Crippen LogP contribution in [0.4, 0.5) is 5.82 Å². The Morgan fingerprint density at radius 3 is 2.30 bits per heavy atom. The second kappa shape index (κ2) is 8.47. The maximum atomic E-state index is 11.9. The summed E-state index contributed by atoms with van der Waals surface area (Å²) in [4.78, 5) is 11.6. The van der Waals surface area contributed by atoms with E-state index in [1.54, 1.807) is 23.9 Å². The van der Waals surface area contributed by atoms with E-state index in [9.17, 15) is 4.21 Å². The molecule has 146 valence electrons. The molecule has 0 saturated heterocycles. The van der Waals surface area contributed by atoms with Crippen LogP contribution in [0.1, 0.15) is 30.7 Å². The molecule has 1 aromatic heterocycles. The first-order valence-electron chi connectivity index (χ1n) is 8.86. The van der Waals surface area contributed by atoms with E-state index >= 15 is 0 Å². The van der Waals surface area contributed by atoms with Crippen molar-refractivity contribution < 1.29 is 4.21 Å². The van der Waals surface area contributed by atoms with E-state index in [1.807, 2.05) is 19.1 Å². The Hall–Kier alpha value is -2.48. The van der Waals surface area contributed by atoms with E-state index in [4.69, 9.17) is 4.78 Å². The lowest BCUT2D eigenvalue weighted by atomic mass is 10.0. The van der Waals surface area contributed by atoms with Crippen LogP contribution < -0.4 is 10.5 Å². The van der Waals surface area contributed by atoms with E-state index in [0.717, 1.165) is 35.7 Å². The van der Waals surface area contributed by atoms with Crippen LogP contribution in [0.25, 0.3) is 0 Å². The summed E-state index contributed by atoms with van der Waals surface area (Å²) in [5, 5.41) is 4.15. The molecular weight excluding hydrogens is 360 g/mol. The van der Waals surface area contributed by atoms with Crippen LogP contribution in [0.2, 0.25) is 0 Å². The molecule has 1 unspecified atom stereocenters. The van der Waals surface area contributed by atoms with E-state index in [-0.39, 0.29) is 0 Å².